The van der Waals surface area contributed by atoms with Crippen molar-refractivity contribution in [2.24, 2.45) is 10.2 Å². The minimum Gasteiger partial charge on any atom is -0.192 e. The maximum atomic E-state index is 8.97. The van der Waals surface area contributed by atoms with Crippen LogP contribution in [0, 0.1) is 11.3 Å². The van der Waals surface area contributed by atoms with Gasteiger partial charge in [-0.1, -0.05) is 66.7 Å². The SMILES string of the molecule is N#Cc1cccc(N=NC(c2ccccc2)c2ccccc2)c1. The topological polar surface area (TPSA) is 48.5 Å². The summed E-state index contributed by atoms with van der Waals surface area (Å²) in [6.45, 7) is 0. The second kappa shape index (κ2) is 7.15. The van der Waals surface area contributed by atoms with Gasteiger partial charge in [0.05, 0.1) is 17.3 Å². The zero-order chi connectivity index (χ0) is 15.9. The van der Waals surface area contributed by atoms with Crippen LogP contribution in [0.4, 0.5) is 5.69 Å². The molecule has 0 N–H and O–H groups in total. The summed E-state index contributed by atoms with van der Waals surface area (Å²) in [5, 5.41) is 17.8. The largest absolute Gasteiger partial charge is 0.192 e. The molecule has 3 rings (SSSR count). The highest BCUT2D eigenvalue weighted by Crippen LogP contribution is 2.28. The molecule has 0 heterocycles. The third-order valence-electron chi connectivity index (χ3n) is 3.49. The predicted octanol–water partition coefficient (Wildman–Crippen LogP) is 5.43. The Morgan fingerprint density at radius 3 is 1.91 bits per heavy atom. The van der Waals surface area contributed by atoms with Crippen LogP contribution in [0.3, 0.4) is 0 Å². The quantitative estimate of drug-likeness (QED) is 0.592. The van der Waals surface area contributed by atoms with Gasteiger partial charge in [-0.15, -0.1) is 0 Å². The monoisotopic (exact) mass is 297 g/mol. The Morgan fingerprint density at radius 2 is 1.35 bits per heavy atom. The summed E-state index contributed by atoms with van der Waals surface area (Å²) in [5.41, 5.74) is 3.43. The van der Waals surface area contributed by atoms with Gasteiger partial charge in [-0.05, 0) is 29.3 Å². The van der Waals surface area contributed by atoms with E-state index in [0.29, 0.717) is 11.3 Å². The van der Waals surface area contributed by atoms with Crippen LogP contribution in [0.15, 0.2) is 95.2 Å². The maximum absolute atomic E-state index is 8.97. The van der Waals surface area contributed by atoms with Crippen molar-refractivity contribution in [3.63, 3.8) is 0 Å². The second-order valence-electron chi connectivity index (χ2n) is 5.10. The van der Waals surface area contributed by atoms with Gasteiger partial charge in [0.25, 0.3) is 0 Å². The predicted molar refractivity (Wildman–Crippen MR) is 90.4 cm³/mol. The van der Waals surface area contributed by atoms with Crippen molar-refractivity contribution in [2.45, 2.75) is 6.04 Å². The van der Waals surface area contributed by atoms with Gasteiger partial charge in [0.15, 0.2) is 0 Å². The second-order valence-corrected chi connectivity index (χ2v) is 5.10. The van der Waals surface area contributed by atoms with Crippen molar-refractivity contribution in [2.75, 3.05) is 0 Å². The molecule has 0 aliphatic rings. The molecule has 0 atom stereocenters. The molecule has 3 aromatic rings. The highest BCUT2D eigenvalue weighted by molar-refractivity contribution is 5.44. The molecule has 3 heteroatoms. The van der Waals surface area contributed by atoms with E-state index in [-0.39, 0.29) is 6.04 Å². The lowest BCUT2D eigenvalue weighted by Gasteiger charge is -2.12. The Morgan fingerprint density at radius 1 is 0.739 bits per heavy atom. The molecule has 0 amide bonds. The van der Waals surface area contributed by atoms with Crippen LogP contribution in [0.25, 0.3) is 0 Å². The third kappa shape index (κ3) is 3.69. The summed E-state index contributed by atoms with van der Waals surface area (Å²) >= 11 is 0. The van der Waals surface area contributed by atoms with Gasteiger partial charge < -0.3 is 0 Å². The molecule has 0 unspecified atom stereocenters. The van der Waals surface area contributed by atoms with Crippen LogP contribution in [0.1, 0.15) is 22.7 Å². The van der Waals surface area contributed by atoms with Crippen molar-refractivity contribution in [1.29, 1.82) is 5.26 Å². The number of azo groups is 1. The van der Waals surface area contributed by atoms with E-state index in [2.05, 4.69) is 16.3 Å². The molecule has 0 fully saturated rings. The summed E-state index contributed by atoms with van der Waals surface area (Å²) in [5.74, 6) is 0. The number of rotatable bonds is 4. The van der Waals surface area contributed by atoms with Crippen molar-refractivity contribution < 1.29 is 0 Å². The Hall–Kier alpha value is -3.25. The molecule has 23 heavy (non-hydrogen) atoms. The molecule has 0 radical (unpaired) electrons. The number of nitriles is 1. The molecule has 0 spiro atoms. The maximum Gasteiger partial charge on any atom is 0.121 e. The number of nitrogens with zero attached hydrogens (tertiary/aromatic N) is 3. The highest BCUT2D eigenvalue weighted by atomic mass is 15.1. The summed E-state index contributed by atoms with van der Waals surface area (Å²) in [6, 6.07) is 29.2. The summed E-state index contributed by atoms with van der Waals surface area (Å²) in [6.07, 6.45) is 0. The van der Waals surface area contributed by atoms with E-state index in [4.69, 9.17) is 5.26 Å². The van der Waals surface area contributed by atoms with E-state index in [1.165, 1.54) is 0 Å². The van der Waals surface area contributed by atoms with Gasteiger partial charge in [-0.3, -0.25) is 0 Å². The zero-order valence-electron chi connectivity index (χ0n) is 12.5. The summed E-state index contributed by atoms with van der Waals surface area (Å²) in [7, 11) is 0. The smallest absolute Gasteiger partial charge is 0.121 e. The van der Waals surface area contributed by atoms with Gasteiger partial charge in [0.2, 0.25) is 0 Å². The molecular weight excluding hydrogens is 282 g/mol. The van der Waals surface area contributed by atoms with Crippen molar-refractivity contribution in [3.05, 3.63) is 102 Å². The minimum atomic E-state index is -0.164. The first kappa shape index (κ1) is 14.7. The van der Waals surface area contributed by atoms with Crippen LogP contribution in [0.5, 0.6) is 0 Å². The fourth-order valence-corrected chi connectivity index (χ4v) is 2.36. The molecule has 3 aromatic carbocycles. The number of benzene rings is 3. The molecule has 3 nitrogen and oxygen atoms in total. The minimum absolute atomic E-state index is 0.164. The van der Waals surface area contributed by atoms with E-state index >= 15 is 0 Å². The molecule has 0 bridgehead atoms. The summed E-state index contributed by atoms with van der Waals surface area (Å²) in [4.78, 5) is 0. The lowest BCUT2D eigenvalue weighted by Crippen LogP contribution is -1.96. The Balaban J connectivity index is 1.96. The van der Waals surface area contributed by atoms with Crippen molar-refractivity contribution in [1.82, 2.24) is 0 Å². The first-order valence-corrected chi connectivity index (χ1v) is 7.38. The van der Waals surface area contributed by atoms with E-state index in [1.807, 2.05) is 72.8 Å². The molecule has 0 aliphatic heterocycles. The van der Waals surface area contributed by atoms with Gasteiger partial charge in [-0.2, -0.15) is 15.5 Å². The highest BCUT2D eigenvalue weighted by Gasteiger charge is 2.12. The van der Waals surface area contributed by atoms with E-state index in [1.54, 1.807) is 12.1 Å². The standard InChI is InChI=1S/C20H15N3/c21-15-16-8-7-13-19(14-16)22-23-20(17-9-3-1-4-10-17)18-11-5-2-6-12-18/h1-14,20H. The van der Waals surface area contributed by atoms with Crippen molar-refractivity contribution >= 4 is 5.69 Å². The third-order valence-corrected chi connectivity index (χ3v) is 3.49. The normalized spacial score (nSPS) is 10.8. The van der Waals surface area contributed by atoms with E-state index in [9.17, 15) is 0 Å². The van der Waals surface area contributed by atoms with Gasteiger partial charge in [0.1, 0.15) is 6.04 Å². The number of hydrogen-bond donors (Lipinski definition) is 0. The lowest BCUT2D eigenvalue weighted by atomic mass is 10.00. The van der Waals surface area contributed by atoms with Crippen molar-refractivity contribution in [3.8, 4) is 6.07 Å². The number of hydrogen-bond acceptors (Lipinski definition) is 3. The van der Waals surface area contributed by atoms with Crippen LogP contribution >= 0.6 is 0 Å². The molecule has 0 saturated heterocycles. The Bertz CT molecular complexity index is 794. The van der Waals surface area contributed by atoms with Crippen LogP contribution in [-0.2, 0) is 0 Å². The first-order valence-electron chi connectivity index (χ1n) is 7.38. The van der Waals surface area contributed by atoms with Crippen LogP contribution < -0.4 is 0 Å². The molecule has 0 saturated carbocycles. The van der Waals surface area contributed by atoms with E-state index < -0.39 is 0 Å². The fourth-order valence-electron chi connectivity index (χ4n) is 2.36. The van der Waals surface area contributed by atoms with Crippen LogP contribution in [-0.4, -0.2) is 0 Å². The molecule has 110 valence electrons. The average molecular weight is 297 g/mol. The molecular formula is C20H15N3. The molecule has 0 aromatic heterocycles. The lowest BCUT2D eigenvalue weighted by molar-refractivity contribution is 0.809. The molecule has 0 aliphatic carbocycles. The Kier molecular flexibility index (Phi) is 4.56. The fraction of sp³-hybridized carbons (Fsp3) is 0.0500. The summed E-state index contributed by atoms with van der Waals surface area (Å²) < 4.78 is 0. The zero-order valence-corrected chi connectivity index (χ0v) is 12.5. The van der Waals surface area contributed by atoms with Crippen LogP contribution in [0.2, 0.25) is 0 Å². The van der Waals surface area contributed by atoms with Gasteiger partial charge in [-0.25, -0.2) is 0 Å². The average Bonchev–Trinajstić information content (AvgIpc) is 2.64. The first-order chi connectivity index (χ1) is 11.4. The Labute approximate surface area is 135 Å². The van der Waals surface area contributed by atoms with E-state index in [0.717, 1.165) is 11.1 Å². The van der Waals surface area contributed by atoms with Gasteiger partial charge in [0, 0.05) is 0 Å². The van der Waals surface area contributed by atoms with Gasteiger partial charge >= 0.3 is 0 Å².